The van der Waals surface area contributed by atoms with Gasteiger partial charge in [-0.2, -0.15) is 0 Å². The van der Waals surface area contributed by atoms with Gasteiger partial charge in [0.05, 0.1) is 8.07 Å². The quantitative estimate of drug-likeness (QED) is 0.175. The van der Waals surface area contributed by atoms with E-state index in [1.807, 2.05) is 0 Å². The van der Waals surface area contributed by atoms with Gasteiger partial charge in [-0.25, -0.2) is 0 Å². The van der Waals surface area contributed by atoms with Crippen molar-refractivity contribution in [2.45, 2.75) is 110 Å². The molecular weight excluding hydrogens is 268 g/mol. The smallest absolute Gasteiger partial charge is 0.0781 e. The molecule has 0 aliphatic carbocycles. The largest absolute Gasteiger partial charge is 0.134 e. The molecule has 21 heavy (non-hydrogen) atoms. The molecule has 0 heterocycles. The van der Waals surface area contributed by atoms with E-state index in [-0.39, 0.29) is 0 Å². The summed E-state index contributed by atoms with van der Waals surface area (Å²) >= 11 is 0. The fourth-order valence-electron chi connectivity index (χ4n) is 2.48. The molecule has 0 bridgehead atoms. The van der Waals surface area contributed by atoms with Crippen LogP contribution in [0.15, 0.2) is 17.5 Å². The maximum Gasteiger partial charge on any atom is 0.0781 e. The molecule has 0 aromatic rings. The molecule has 0 aliphatic heterocycles. The Labute approximate surface area is 136 Å². The standard InChI is InChI=1S/C20H40Si/c1-5-6-7-8-9-10-11-12-13-14-15-16-17-18-19-20-21(2,3)4/h18,20H,5-17H2,1-4H3. The van der Waals surface area contributed by atoms with E-state index in [1.54, 1.807) is 0 Å². The number of hydrogen-bond donors (Lipinski definition) is 0. The van der Waals surface area contributed by atoms with E-state index in [0.717, 1.165) is 0 Å². The highest BCUT2D eigenvalue weighted by atomic mass is 28.3. The number of allylic oxidation sites excluding steroid dienone is 1. The molecule has 0 amide bonds. The molecule has 0 aromatic carbocycles. The molecule has 0 saturated carbocycles. The van der Waals surface area contributed by atoms with Crippen molar-refractivity contribution >= 4 is 8.07 Å². The van der Waals surface area contributed by atoms with Crippen molar-refractivity contribution in [1.29, 1.82) is 0 Å². The van der Waals surface area contributed by atoms with Crippen LogP contribution in [0.1, 0.15) is 90.4 Å². The molecule has 0 N–H and O–H groups in total. The lowest BCUT2D eigenvalue weighted by Gasteiger charge is -2.04. The highest BCUT2D eigenvalue weighted by Crippen LogP contribution is 2.12. The Morgan fingerprint density at radius 1 is 0.667 bits per heavy atom. The van der Waals surface area contributed by atoms with Crippen LogP contribution in [0.3, 0.4) is 0 Å². The van der Waals surface area contributed by atoms with Crippen LogP contribution in [0, 0.1) is 0 Å². The van der Waals surface area contributed by atoms with Gasteiger partial charge in [0, 0.05) is 0 Å². The lowest BCUT2D eigenvalue weighted by molar-refractivity contribution is 0.545. The number of hydrogen-bond acceptors (Lipinski definition) is 0. The second-order valence-corrected chi connectivity index (χ2v) is 12.6. The van der Waals surface area contributed by atoms with Crippen LogP contribution < -0.4 is 0 Å². The summed E-state index contributed by atoms with van der Waals surface area (Å²) in [7, 11) is -1.03. The highest BCUT2D eigenvalue weighted by Gasteiger charge is 2.05. The van der Waals surface area contributed by atoms with Gasteiger partial charge in [-0.3, -0.25) is 0 Å². The maximum atomic E-state index is 3.38. The third kappa shape index (κ3) is 19.7. The summed E-state index contributed by atoms with van der Waals surface area (Å²) in [6.45, 7) is 9.37. The van der Waals surface area contributed by atoms with Crippen LogP contribution in [-0.2, 0) is 0 Å². The van der Waals surface area contributed by atoms with Gasteiger partial charge in [0.25, 0.3) is 0 Å². The summed E-state index contributed by atoms with van der Waals surface area (Å²) in [6, 6.07) is 0. The highest BCUT2D eigenvalue weighted by molar-refractivity contribution is 6.80. The van der Waals surface area contributed by atoms with E-state index in [0.29, 0.717) is 0 Å². The van der Waals surface area contributed by atoms with Gasteiger partial charge < -0.3 is 0 Å². The number of unbranched alkanes of at least 4 members (excludes halogenated alkanes) is 12. The summed E-state index contributed by atoms with van der Waals surface area (Å²) in [6.07, 6.45) is 20.7. The normalized spacial score (nSPS) is 11.2. The van der Waals surface area contributed by atoms with E-state index in [4.69, 9.17) is 0 Å². The zero-order valence-electron chi connectivity index (χ0n) is 15.3. The Morgan fingerprint density at radius 2 is 1.10 bits per heavy atom. The first kappa shape index (κ1) is 20.7. The average Bonchev–Trinajstić information content (AvgIpc) is 2.42. The molecule has 124 valence electrons. The summed E-state index contributed by atoms with van der Waals surface area (Å²) < 4.78 is 0. The van der Waals surface area contributed by atoms with Gasteiger partial charge in [0.15, 0.2) is 0 Å². The summed E-state index contributed by atoms with van der Waals surface area (Å²) in [5.74, 6) is 0. The third-order valence-electron chi connectivity index (χ3n) is 3.84. The molecule has 0 atom stereocenters. The maximum absolute atomic E-state index is 3.38. The Balaban J connectivity index is 3.18. The average molecular weight is 309 g/mol. The SMILES string of the molecule is CCCCCCCCCCCCCCC=C=C[Si](C)(C)C. The van der Waals surface area contributed by atoms with Gasteiger partial charge in [-0.15, -0.1) is 5.73 Å². The zero-order valence-corrected chi connectivity index (χ0v) is 16.3. The molecule has 0 spiro atoms. The van der Waals surface area contributed by atoms with Crippen molar-refractivity contribution in [3.8, 4) is 0 Å². The lowest BCUT2D eigenvalue weighted by Crippen LogP contribution is -2.14. The predicted molar refractivity (Wildman–Crippen MR) is 102 cm³/mol. The number of rotatable bonds is 14. The summed E-state index contributed by atoms with van der Waals surface area (Å²) in [5, 5.41) is 0. The van der Waals surface area contributed by atoms with E-state index >= 15 is 0 Å². The van der Waals surface area contributed by atoms with Crippen molar-refractivity contribution in [3.05, 3.63) is 17.5 Å². The van der Waals surface area contributed by atoms with Gasteiger partial charge in [-0.1, -0.05) is 103 Å². The summed E-state index contributed by atoms with van der Waals surface area (Å²) in [4.78, 5) is 0. The zero-order chi connectivity index (χ0) is 15.8. The molecule has 0 saturated heterocycles. The van der Waals surface area contributed by atoms with Gasteiger partial charge in [-0.05, 0) is 18.9 Å². The van der Waals surface area contributed by atoms with E-state index in [1.165, 1.54) is 83.5 Å². The van der Waals surface area contributed by atoms with Crippen LogP contribution in [-0.4, -0.2) is 8.07 Å². The van der Waals surface area contributed by atoms with Crippen LogP contribution in [0.2, 0.25) is 19.6 Å². The van der Waals surface area contributed by atoms with Crippen LogP contribution in [0.25, 0.3) is 0 Å². The van der Waals surface area contributed by atoms with Gasteiger partial charge in [0.2, 0.25) is 0 Å². The molecule has 1 heteroatoms. The van der Waals surface area contributed by atoms with E-state index in [2.05, 4.69) is 44.1 Å². The Bertz CT molecular complexity index is 266. The van der Waals surface area contributed by atoms with Crippen molar-refractivity contribution < 1.29 is 0 Å². The predicted octanol–water partition coefficient (Wildman–Crippen LogP) is 7.67. The van der Waals surface area contributed by atoms with Crippen molar-refractivity contribution in [2.24, 2.45) is 0 Å². The molecular formula is C20H40Si. The Hall–Kier alpha value is -0.263. The second-order valence-electron chi connectivity index (χ2n) is 7.56. The third-order valence-corrected chi connectivity index (χ3v) is 4.87. The molecule has 0 nitrogen and oxygen atoms in total. The minimum atomic E-state index is -1.03. The minimum Gasteiger partial charge on any atom is -0.134 e. The van der Waals surface area contributed by atoms with E-state index in [9.17, 15) is 0 Å². The molecule has 0 aromatic heterocycles. The lowest BCUT2D eigenvalue weighted by atomic mass is 10.0. The Kier molecular flexibility index (Phi) is 14.5. The molecule has 0 aliphatic rings. The first-order valence-corrected chi connectivity index (χ1v) is 13.1. The first-order chi connectivity index (χ1) is 10.1. The van der Waals surface area contributed by atoms with Crippen LogP contribution >= 0.6 is 0 Å². The van der Waals surface area contributed by atoms with Gasteiger partial charge in [0.1, 0.15) is 0 Å². The fourth-order valence-corrected chi connectivity index (χ4v) is 3.10. The second kappa shape index (κ2) is 14.7. The van der Waals surface area contributed by atoms with Crippen molar-refractivity contribution in [1.82, 2.24) is 0 Å². The molecule has 0 unspecified atom stereocenters. The van der Waals surface area contributed by atoms with Crippen molar-refractivity contribution in [2.75, 3.05) is 0 Å². The van der Waals surface area contributed by atoms with Crippen LogP contribution in [0.5, 0.6) is 0 Å². The fraction of sp³-hybridized carbons (Fsp3) is 0.850. The Morgan fingerprint density at radius 3 is 1.52 bits per heavy atom. The first-order valence-electron chi connectivity index (χ1n) is 9.48. The minimum absolute atomic E-state index is 1.03. The molecule has 0 radical (unpaired) electrons. The summed E-state index contributed by atoms with van der Waals surface area (Å²) in [5.41, 5.74) is 5.69. The van der Waals surface area contributed by atoms with E-state index < -0.39 is 8.07 Å². The van der Waals surface area contributed by atoms with Gasteiger partial charge >= 0.3 is 0 Å². The monoisotopic (exact) mass is 308 g/mol. The van der Waals surface area contributed by atoms with Crippen LogP contribution in [0.4, 0.5) is 0 Å². The molecule has 0 fully saturated rings. The molecule has 0 rings (SSSR count). The van der Waals surface area contributed by atoms with Crippen molar-refractivity contribution in [3.63, 3.8) is 0 Å². The topological polar surface area (TPSA) is 0 Å².